The molecular formula is C28H30N4O3S. The van der Waals surface area contributed by atoms with Crippen LogP contribution in [-0.4, -0.2) is 40.6 Å². The zero-order valence-electron chi connectivity index (χ0n) is 20.9. The van der Waals surface area contributed by atoms with Gasteiger partial charge in [-0.1, -0.05) is 74.1 Å². The molecule has 0 unspecified atom stereocenters. The highest BCUT2D eigenvalue weighted by molar-refractivity contribution is 7.99. The van der Waals surface area contributed by atoms with Gasteiger partial charge in [-0.2, -0.15) is 0 Å². The summed E-state index contributed by atoms with van der Waals surface area (Å²) in [5, 5.41) is 12.6. The third-order valence-corrected chi connectivity index (χ3v) is 6.82. The summed E-state index contributed by atoms with van der Waals surface area (Å²) in [6.07, 6.45) is 1.70. The molecule has 36 heavy (non-hydrogen) atoms. The molecule has 1 heterocycles. The Bertz CT molecular complexity index is 1320. The highest BCUT2D eigenvalue weighted by atomic mass is 32.2. The number of carbonyl (C=O) groups excluding carboxylic acids is 1. The van der Waals surface area contributed by atoms with E-state index in [0.29, 0.717) is 22.5 Å². The molecule has 0 atom stereocenters. The Balaban J connectivity index is 1.65. The van der Waals surface area contributed by atoms with E-state index in [0.717, 1.165) is 40.9 Å². The van der Waals surface area contributed by atoms with Crippen LogP contribution in [0.4, 0.5) is 5.69 Å². The predicted octanol–water partition coefficient (Wildman–Crippen LogP) is 5.81. The van der Waals surface area contributed by atoms with Crippen molar-refractivity contribution in [3.05, 3.63) is 77.9 Å². The molecule has 0 aliphatic carbocycles. The lowest BCUT2D eigenvalue weighted by atomic mass is 10.0. The number of methoxy groups -OCH3 is 2. The zero-order chi connectivity index (χ0) is 25.5. The van der Waals surface area contributed by atoms with Crippen LogP contribution in [0, 0.1) is 0 Å². The Morgan fingerprint density at radius 2 is 1.58 bits per heavy atom. The molecule has 0 radical (unpaired) electrons. The number of rotatable bonds is 10. The topological polar surface area (TPSA) is 78.3 Å². The van der Waals surface area contributed by atoms with E-state index in [9.17, 15) is 4.79 Å². The number of hydrogen-bond donors (Lipinski definition) is 1. The first-order chi connectivity index (χ1) is 17.6. The fourth-order valence-electron chi connectivity index (χ4n) is 4.04. The van der Waals surface area contributed by atoms with Crippen LogP contribution in [0.3, 0.4) is 0 Å². The molecule has 4 aromatic rings. The monoisotopic (exact) mass is 502 g/mol. The van der Waals surface area contributed by atoms with Crippen molar-refractivity contribution in [2.75, 3.05) is 25.3 Å². The standard InChI is InChI=1S/C28H30N4O3S/c1-5-19-13-10-14-20(6-2)26(19)29-25(33)18-36-28-31-30-27(21-11-8-7-9-12-21)32(28)22-15-16-23(34-3)24(17-22)35-4/h7-17H,5-6,18H2,1-4H3,(H,29,33). The molecule has 0 aliphatic rings. The van der Waals surface area contributed by atoms with E-state index >= 15 is 0 Å². The molecule has 0 fully saturated rings. The molecule has 1 N–H and O–H groups in total. The van der Waals surface area contributed by atoms with Gasteiger partial charge in [0.15, 0.2) is 22.5 Å². The quantitative estimate of drug-likeness (QED) is 0.276. The normalized spacial score (nSPS) is 10.8. The first kappa shape index (κ1) is 25.3. The summed E-state index contributed by atoms with van der Waals surface area (Å²) in [5.74, 6) is 2.01. The van der Waals surface area contributed by atoms with Crippen molar-refractivity contribution in [1.82, 2.24) is 14.8 Å². The fourth-order valence-corrected chi connectivity index (χ4v) is 4.79. The van der Waals surface area contributed by atoms with Crippen molar-refractivity contribution in [2.24, 2.45) is 0 Å². The Labute approximate surface area is 215 Å². The van der Waals surface area contributed by atoms with Crippen molar-refractivity contribution in [2.45, 2.75) is 31.8 Å². The van der Waals surface area contributed by atoms with Gasteiger partial charge in [-0.25, -0.2) is 0 Å². The number of para-hydroxylation sites is 1. The number of aromatic nitrogens is 3. The number of benzene rings is 3. The number of thioether (sulfide) groups is 1. The van der Waals surface area contributed by atoms with Crippen LogP contribution in [0.5, 0.6) is 11.5 Å². The molecule has 0 saturated heterocycles. The number of nitrogens with zero attached hydrogens (tertiary/aromatic N) is 3. The van der Waals surface area contributed by atoms with E-state index < -0.39 is 0 Å². The lowest BCUT2D eigenvalue weighted by Gasteiger charge is -2.15. The SMILES string of the molecule is CCc1cccc(CC)c1NC(=O)CSc1nnc(-c2ccccc2)n1-c1ccc(OC)c(OC)c1. The molecule has 4 rings (SSSR count). The van der Waals surface area contributed by atoms with Gasteiger partial charge in [0.05, 0.1) is 25.7 Å². The molecule has 0 saturated carbocycles. The first-order valence-electron chi connectivity index (χ1n) is 11.9. The molecular weight excluding hydrogens is 472 g/mol. The summed E-state index contributed by atoms with van der Waals surface area (Å²) in [7, 11) is 3.21. The number of anilines is 1. The number of amides is 1. The minimum Gasteiger partial charge on any atom is -0.493 e. The maximum Gasteiger partial charge on any atom is 0.234 e. The average Bonchev–Trinajstić information content (AvgIpc) is 3.36. The van der Waals surface area contributed by atoms with Gasteiger partial charge in [0.1, 0.15) is 0 Å². The highest BCUT2D eigenvalue weighted by Gasteiger charge is 2.19. The second-order valence-corrected chi connectivity index (χ2v) is 8.98. The number of hydrogen-bond acceptors (Lipinski definition) is 6. The fraction of sp³-hybridized carbons (Fsp3) is 0.250. The van der Waals surface area contributed by atoms with Gasteiger partial charge in [0, 0.05) is 17.3 Å². The van der Waals surface area contributed by atoms with E-state index in [2.05, 4.69) is 41.5 Å². The maximum atomic E-state index is 13.0. The Kier molecular flexibility index (Phi) is 8.28. The Morgan fingerprint density at radius 1 is 0.889 bits per heavy atom. The predicted molar refractivity (Wildman–Crippen MR) is 144 cm³/mol. The summed E-state index contributed by atoms with van der Waals surface area (Å²) in [4.78, 5) is 13.0. The molecule has 1 amide bonds. The smallest absolute Gasteiger partial charge is 0.234 e. The minimum absolute atomic E-state index is 0.0845. The molecule has 0 bridgehead atoms. The van der Waals surface area contributed by atoms with Crippen LogP contribution >= 0.6 is 11.8 Å². The summed E-state index contributed by atoms with van der Waals surface area (Å²) >= 11 is 1.34. The highest BCUT2D eigenvalue weighted by Crippen LogP contribution is 2.34. The molecule has 8 heteroatoms. The van der Waals surface area contributed by atoms with Crippen LogP contribution in [0.15, 0.2) is 71.9 Å². The number of ether oxygens (including phenoxy) is 2. The van der Waals surface area contributed by atoms with Gasteiger partial charge in [-0.15, -0.1) is 10.2 Å². The van der Waals surface area contributed by atoms with Crippen molar-refractivity contribution in [3.63, 3.8) is 0 Å². The number of carbonyl (C=O) groups is 1. The molecule has 1 aromatic heterocycles. The second kappa shape index (κ2) is 11.8. The Hall–Kier alpha value is -3.78. The zero-order valence-corrected chi connectivity index (χ0v) is 21.8. The second-order valence-electron chi connectivity index (χ2n) is 8.04. The Morgan fingerprint density at radius 3 is 2.22 bits per heavy atom. The van der Waals surface area contributed by atoms with Crippen molar-refractivity contribution in [3.8, 4) is 28.6 Å². The van der Waals surface area contributed by atoms with E-state index in [-0.39, 0.29) is 11.7 Å². The average molecular weight is 503 g/mol. The number of nitrogens with one attached hydrogen (secondary N) is 1. The largest absolute Gasteiger partial charge is 0.493 e. The van der Waals surface area contributed by atoms with Crippen molar-refractivity contribution < 1.29 is 14.3 Å². The van der Waals surface area contributed by atoms with Crippen LogP contribution < -0.4 is 14.8 Å². The third kappa shape index (κ3) is 5.39. The van der Waals surface area contributed by atoms with Gasteiger partial charge in [0.2, 0.25) is 5.91 Å². The summed E-state index contributed by atoms with van der Waals surface area (Å²) in [6.45, 7) is 4.19. The molecule has 186 valence electrons. The van der Waals surface area contributed by atoms with Crippen molar-refractivity contribution in [1.29, 1.82) is 0 Å². The summed E-state index contributed by atoms with van der Waals surface area (Å²) in [6, 6.07) is 21.6. The van der Waals surface area contributed by atoms with E-state index in [1.54, 1.807) is 14.2 Å². The van der Waals surface area contributed by atoms with Crippen LogP contribution in [0.25, 0.3) is 17.1 Å². The van der Waals surface area contributed by atoms with Crippen molar-refractivity contribution >= 4 is 23.4 Å². The third-order valence-electron chi connectivity index (χ3n) is 5.89. The molecule has 0 aliphatic heterocycles. The molecule has 0 spiro atoms. The van der Waals surface area contributed by atoms with E-state index in [4.69, 9.17) is 9.47 Å². The van der Waals surface area contributed by atoms with Crippen LogP contribution in [0.1, 0.15) is 25.0 Å². The molecule has 3 aromatic carbocycles. The lowest BCUT2D eigenvalue weighted by Crippen LogP contribution is -2.17. The summed E-state index contributed by atoms with van der Waals surface area (Å²) < 4.78 is 12.9. The van der Waals surface area contributed by atoms with Gasteiger partial charge >= 0.3 is 0 Å². The van der Waals surface area contributed by atoms with Crippen LogP contribution in [-0.2, 0) is 17.6 Å². The number of aryl methyl sites for hydroxylation is 2. The van der Waals surface area contributed by atoms with Gasteiger partial charge in [-0.3, -0.25) is 9.36 Å². The molecule has 7 nitrogen and oxygen atoms in total. The summed E-state index contributed by atoms with van der Waals surface area (Å²) in [5.41, 5.74) is 4.91. The van der Waals surface area contributed by atoms with Gasteiger partial charge in [-0.05, 0) is 36.1 Å². The first-order valence-corrected chi connectivity index (χ1v) is 12.8. The maximum absolute atomic E-state index is 13.0. The van der Waals surface area contributed by atoms with Gasteiger partial charge < -0.3 is 14.8 Å². The van der Waals surface area contributed by atoms with E-state index in [1.807, 2.05) is 59.2 Å². The minimum atomic E-state index is -0.0845. The lowest BCUT2D eigenvalue weighted by molar-refractivity contribution is -0.113. The van der Waals surface area contributed by atoms with Gasteiger partial charge in [0.25, 0.3) is 0 Å². The van der Waals surface area contributed by atoms with E-state index in [1.165, 1.54) is 11.8 Å². The van der Waals surface area contributed by atoms with Crippen LogP contribution in [0.2, 0.25) is 0 Å².